The monoisotopic (exact) mass is 338 g/mol. The second-order valence-corrected chi connectivity index (χ2v) is 7.38. The second-order valence-electron chi connectivity index (χ2n) is 5.21. The molecule has 1 aromatic heterocycles. The molecule has 0 spiro atoms. The van der Waals surface area contributed by atoms with Gasteiger partial charge in [-0.25, -0.2) is 0 Å². The summed E-state index contributed by atoms with van der Waals surface area (Å²) in [6.07, 6.45) is 2.20. The van der Waals surface area contributed by atoms with E-state index in [0.717, 1.165) is 39.6 Å². The van der Waals surface area contributed by atoms with Gasteiger partial charge >= 0.3 is 0 Å². The molecule has 2 aromatic rings. The minimum atomic E-state index is 0.0289. The van der Waals surface area contributed by atoms with Crippen LogP contribution < -0.4 is 5.32 Å². The Morgan fingerprint density at radius 1 is 1.57 bits per heavy atom. The molecule has 6 heteroatoms. The first-order valence-electron chi connectivity index (χ1n) is 6.80. The smallest absolute Gasteiger partial charge is 0.225 e. The fourth-order valence-corrected chi connectivity index (χ4v) is 4.32. The molecule has 1 aromatic carbocycles. The van der Waals surface area contributed by atoms with Crippen molar-refractivity contribution in [2.45, 2.75) is 32.2 Å². The summed E-state index contributed by atoms with van der Waals surface area (Å²) < 4.78 is 0.716. The lowest BCUT2D eigenvalue weighted by atomic mass is 10.1. The molecule has 2 N–H and O–H groups in total. The molecular weight excluding hydrogens is 324 g/mol. The third-order valence-electron chi connectivity index (χ3n) is 3.79. The van der Waals surface area contributed by atoms with Crippen molar-refractivity contribution >= 4 is 41.1 Å². The number of rotatable bonds is 3. The van der Waals surface area contributed by atoms with Crippen LogP contribution in [0.1, 0.15) is 34.2 Å². The third kappa shape index (κ3) is 3.05. The van der Waals surface area contributed by atoms with Crippen LogP contribution in [0.3, 0.4) is 0 Å². The summed E-state index contributed by atoms with van der Waals surface area (Å²) in [5.74, 6) is 0.0289. The summed E-state index contributed by atoms with van der Waals surface area (Å²) in [7, 11) is 0. The Bertz CT molecular complexity index is 750. The molecule has 0 unspecified atom stereocenters. The lowest BCUT2D eigenvalue weighted by Crippen LogP contribution is -2.28. The Morgan fingerprint density at radius 3 is 3.10 bits per heavy atom. The van der Waals surface area contributed by atoms with Gasteiger partial charge in [0, 0.05) is 15.6 Å². The van der Waals surface area contributed by atoms with Crippen LogP contribution in [0.5, 0.6) is 0 Å². The average molecular weight is 339 g/mol. The molecule has 0 aliphatic heterocycles. The molecule has 3 rings (SSSR count). The minimum absolute atomic E-state index is 0.0289. The third-order valence-corrected chi connectivity index (χ3v) is 5.48. The van der Waals surface area contributed by atoms with Gasteiger partial charge in [0.1, 0.15) is 0 Å². The maximum absolute atomic E-state index is 12.2. The van der Waals surface area contributed by atoms with Gasteiger partial charge in [-0.3, -0.25) is 4.79 Å². The zero-order valence-corrected chi connectivity index (χ0v) is 13.9. The summed E-state index contributed by atoms with van der Waals surface area (Å²) >= 11 is 12.8. The summed E-state index contributed by atoms with van der Waals surface area (Å²) in [5.41, 5.74) is 3.29. The molecule has 1 amide bonds. The number of aryl methyl sites for hydroxylation is 1. The summed E-state index contributed by atoms with van der Waals surface area (Å²) in [6.45, 7) is 1.94. The highest BCUT2D eigenvalue weighted by molar-refractivity contribution is 7.73. The number of nitrogens with one attached hydrogen (secondary N) is 2. The van der Waals surface area contributed by atoms with E-state index in [1.54, 1.807) is 0 Å². The number of thiazole rings is 1. The number of halogens is 1. The Balaban J connectivity index is 1.71. The highest BCUT2D eigenvalue weighted by Gasteiger charge is 2.25. The molecule has 1 aliphatic rings. The van der Waals surface area contributed by atoms with Crippen molar-refractivity contribution in [3.63, 3.8) is 0 Å². The molecule has 0 radical (unpaired) electrons. The number of benzene rings is 1. The van der Waals surface area contributed by atoms with Crippen molar-refractivity contribution in [2.75, 3.05) is 0 Å². The van der Waals surface area contributed by atoms with Gasteiger partial charge < -0.3 is 10.3 Å². The fraction of sp³-hybridized carbons (Fsp3) is 0.333. The molecule has 21 heavy (non-hydrogen) atoms. The van der Waals surface area contributed by atoms with E-state index in [-0.39, 0.29) is 11.9 Å². The Morgan fingerprint density at radius 2 is 2.38 bits per heavy atom. The van der Waals surface area contributed by atoms with Crippen LogP contribution in [-0.4, -0.2) is 10.9 Å². The molecular formula is C15H15ClN2OS2. The minimum Gasteiger partial charge on any atom is -0.349 e. The lowest BCUT2D eigenvalue weighted by molar-refractivity contribution is -0.121. The van der Waals surface area contributed by atoms with Gasteiger partial charge in [0.25, 0.3) is 0 Å². The van der Waals surface area contributed by atoms with Crippen LogP contribution in [0.4, 0.5) is 0 Å². The molecule has 1 heterocycles. The van der Waals surface area contributed by atoms with E-state index in [9.17, 15) is 4.79 Å². The van der Waals surface area contributed by atoms with Crippen LogP contribution in [0.15, 0.2) is 18.2 Å². The largest absolute Gasteiger partial charge is 0.349 e. The van der Waals surface area contributed by atoms with Crippen LogP contribution in [0.2, 0.25) is 5.02 Å². The number of H-pyrrole nitrogens is 1. The van der Waals surface area contributed by atoms with Gasteiger partial charge in [0.15, 0.2) is 3.95 Å². The summed E-state index contributed by atoms with van der Waals surface area (Å²) in [6, 6.07) is 5.96. The number of hydrogen-bond acceptors (Lipinski definition) is 3. The molecule has 110 valence electrons. The lowest BCUT2D eigenvalue weighted by Gasteiger charge is -2.14. The van der Waals surface area contributed by atoms with Crippen molar-refractivity contribution in [1.82, 2.24) is 10.3 Å². The van der Waals surface area contributed by atoms with Gasteiger partial charge in [0.2, 0.25) is 5.91 Å². The molecule has 1 atom stereocenters. The second kappa shape index (κ2) is 5.91. The van der Waals surface area contributed by atoms with Crippen LogP contribution in [0, 0.1) is 10.9 Å². The molecule has 3 nitrogen and oxygen atoms in total. The van der Waals surface area contributed by atoms with E-state index in [0.29, 0.717) is 10.4 Å². The number of carbonyl (C=O) groups is 1. The fourth-order valence-electron chi connectivity index (χ4n) is 2.76. The average Bonchev–Trinajstić information content (AvgIpc) is 2.95. The number of fused-ring (bicyclic) bond motifs is 1. The summed E-state index contributed by atoms with van der Waals surface area (Å²) in [5, 5.41) is 3.90. The van der Waals surface area contributed by atoms with Crippen LogP contribution >= 0.6 is 35.2 Å². The van der Waals surface area contributed by atoms with Crippen LogP contribution in [0.25, 0.3) is 0 Å². The molecule has 0 saturated carbocycles. The van der Waals surface area contributed by atoms with Crippen molar-refractivity contribution in [2.24, 2.45) is 0 Å². The number of hydrogen-bond donors (Lipinski definition) is 2. The quantitative estimate of drug-likeness (QED) is 0.827. The topological polar surface area (TPSA) is 44.9 Å². The van der Waals surface area contributed by atoms with E-state index in [4.69, 9.17) is 23.8 Å². The SMILES string of the molecule is Cc1[nH]c(=S)sc1CC(=O)N[C@H]1CCc2c(Cl)cccc21. The normalized spacial score (nSPS) is 16.8. The zero-order valence-electron chi connectivity index (χ0n) is 11.5. The first kappa shape index (κ1) is 14.8. The van der Waals surface area contributed by atoms with Gasteiger partial charge in [-0.05, 0) is 49.2 Å². The molecule has 0 bridgehead atoms. The van der Waals surface area contributed by atoms with Gasteiger partial charge in [0.05, 0.1) is 12.5 Å². The van der Waals surface area contributed by atoms with E-state index >= 15 is 0 Å². The van der Waals surface area contributed by atoms with E-state index < -0.39 is 0 Å². The Hall–Kier alpha value is -1.17. The summed E-state index contributed by atoms with van der Waals surface area (Å²) in [4.78, 5) is 16.3. The number of amides is 1. The predicted octanol–water partition coefficient (Wildman–Crippen LogP) is 4.11. The van der Waals surface area contributed by atoms with Gasteiger partial charge in [-0.2, -0.15) is 0 Å². The standard InChI is InChI=1S/C15H15ClN2OS2/c1-8-13(21-15(20)17-8)7-14(19)18-12-6-5-9-10(12)3-2-4-11(9)16/h2-4,12H,5-7H2,1H3,(H,17,20)(H,18,19)/t12-/m0/s1. The highest BCUT2D eigenvalue weighted by atomic mass is 35.5. The first-order valence-corrected chi connectivity index (χ1v) is 8.40. The van der Waals surface area contributed by atoms with Crippen LogP contribution in [-0.2, 0) is 17.6 Å². The van der Waals surface area contributed by atoms with E-state index in [1.807, 2.05) is 25.1 Å². The van der Waals surface area contributed by atoms with E-state index in [2.05, 4.69) is 10.3 Å². The number of aromatic nitrogens is 1. The van der Waals surface area contributed by atoms with Crippen molar-refractivity contribution in [1.29, 1.82) is 0 Å². The molecule has 0 fully saturated rings. The molecule has 1 aliphatic carbocycles. The molecule has 0 saturated heterocycles. The zero-order chi connectivity index (χ0) is 15.0. The van der Waals surface area contributed by atoms with Crippen molar-refractivity contribution in [3.8, 4) is 0 Å². The van der Waals surface area contributed by atoms with Crippen molar-refractivity contribution < 1.29 is 4.79 Å². The predicted molar refractivity (Wildman–Crippen MR) is 88.6 cm³/mol. The number of carbonyl (C=O) groups excluding carboxylic acids is 1. The van der Waals surface area contributed by atoms with E-state index in [1.165, 1.54) is 11.3 Å². The van der Waals surface area contributed by atoms with Gasteiger partial charge in [-0.15, -0.1) is 11.3 Å². The number of aromatic amines is 1. The highest BCUT2D eigenvalue weighted by Crippen LogP contribution is 2.35. The van der Waals surface area contributed by atoms with Crippen molar-refractivity contribution in [3.05, 3.63) is 48.9 Å². The first-order chi connectivity index (χ1) is 10.0. The maximum atomic E-state index is 12.2. The van der Waals surface area contributed by atoms with Gasteiger partial charge in [-0.1, -0.05) is 23.7 Å². The Kier molecular flexibility index (Phi) is 4.15. The maximum Gasteiger partial charge on any atom is 0.225 e. The Labute approximate surface area is 137 Å².